The minimum Gasteiger partial charge on any atom is -0.493 e. The second-order valence-corrected chi connectivity index (χ2v) is 3.53. The van der Waals surface area contributed by atoms with Crippen molar-refractivity contribution in [3.63, 3.8) is 0 Å². The second-order valence-electron chi connectivity index (χ2n) is 3.15. The molecule has 0 spiro atoms. The van der Waals surface area contributed by atoms with Crippen LogP contribution in [0.2, 0.25) is 5.02 Å². The van der Waals surface area contributed by atoms with Crippen LogP contribution in [0.5, 0.6) is 11.5 Å². The predicted molar refractivity (Wildman–Crippen MR) is 55.6 cm³/mol. The van der Waals surface area contributed by atoms with Gasteiger partial charge in [-0.2, -0.15) is 13.2 Å². The fraction of sp³-hybridized carbons (Fsp3) is 0.400. The van der Waals surface area contributed by atoms with Gasteiger partial charge in [-0.25, -0.2) is 0 Å². The SMILES string of the molecule is COc1ccc([C@H](O)C(F)(F)F)c(Cl)c1OC. The highest BCUT2D eigenvalue weighted by Gasteiger charge is 2.41. The van der Waals surface area contributed by atoms with Gasteiger partial charge in [0.1, 0.15) is 0 Å². The summed E-state index contributed by atoms with van der Waals surface area (Å²) in [4.78, 5) is 0. The molecular formula is C10H10ClF3O3. The zero-order chi connectivity index (χ0) is 13.2. The lowest BCUT2D eigenvalue weighted by Gasteiger charge is -2.18. The molecule has 1 aromatic carbocycles. The van der Waals surface area contributed by atoms with Gasteiger partial charge < -0.3 is 14.6 Å². The summed E-state index contributed by atoms with van der Waals surface area (Å²) >= 11 is 5.73. The van der Waals surface area contributed by atoms with E-state index >= 15 is 0 Å². The molecule has 0 aromatic heterocycles. The van der Waals surface area contributed by atoms with E-state index in [4.69, 9.17) is 26.2 Å². The van der Waals surface area contributed by atoms with Crippen molar-refractivity contribution in [2.45, 2.75) is 12.3 Å². The maximum atomic E-state index is 12.4. The molecule has 1 N–H and O–H groups in total. The summed E-state index contributed by atoms with van der Waals surface area (Å²) in [6.07, 6.45) is -7.45. The van der Waals surface area contributed by atoms with Crippen LogP contribution in [0.4, 0.5) is 13.2 Å². The fourth-order valence-electron chi connectivity index (χ4n) is 1.29. The summed E-state index contributed by atoms with van der Waals surface area (Å²) in [6.45, 7) is 0. The Morgan fingerprint density at radius 2 is 1.82 bits per heavy atom. The lowest BCUT2D eigenvalue weighted by atomic mass is 10.1. The number of halogens is 4. The molecular weight excluding hydrogens is 261 g/mol. The van der Waals surface area contributed by atoms with Crippen LogP contribution in [0.3, 0.4) is 0 Å². The number of ether oxygens (including phenoxy) is 2. The topological polar surface area (TPSA) is 38.7 Å². The largest absolute Gasteiger partial charge is 0.493 e. The minimum atomic E-state index is -4.79. The third-order valence-electron chi connectivity index (χ3n) is 2.12. The minimum absolute atomic E-state index is 0.0463. The smallest absolute Gasteiger partial charge is 0.418 e. The molecule has 3 nitrogen and oxygen atoms in total. The van der Waals surface area contributed by atoms with Gasteiger partial charge in [0.05, 0.1) is 19.2 Å². The van der Waals surface area contributed by atoms with Crippen molar-refractivity contribution in [2.24, 2.45) is 0 Å². The zero-order valence-electron chi connectivity index (χ0n) is 9.01. The van der Waals surface area contributed by atoms with Crippen LogP contribution in [-0.4, -0.2) is 25.5 Å². The van der Waals surface area contributed by atoms with Crippen molar-refractivity contribution < 1.29 is 27.8 Å². The third-order valence-corrected chi connectivity index (χ3v) is 2.51. The highest BCUT2D eigenvalue weighted by molar-refractivity contribution is 6.33. The first-order valence-corrected chi connectivity index (χ1v) is 4.85. The van der Waals surface area contributed by atoms with Crippen LogP contribution >= 0.6 is 11.6 Å². The molecule has 96 valence electrons. The number of hydrogen-bond acceptors (Lipinski definition) is 3. The van der Waals surface area contributed by atoms with Crippen molar-refractivity contribution in [3.8, 4) is 11.5 Å². The van der Waals surface area contributed by atoms with E-state index < -0.39 is 17.8 Å². The number of methoxy groups -OCH3 is 2. The van der Waals surface area contributed by atoms with Gasteiger partial charge >= 0.3 is 6.18 Å². The van der Waals surface area contributed by atoms with Crippen molar-refractivity contribution in [1.29, 1.82) is 0 Å². The molecule has 1 rings (SSSR count). The van der Waals surface area contributed by atoms with E-state index in [-0.39, 0.29) is 16.5 Å². The lowest BCUT2D eigenvalue weighted by molar-refractivity contribution is -0.206. The first kappa shape index (κ1) is 13.9. The molecule has 1 atom stereocenters. The summed E-state index contributed by atoms with van der Waals surface area (Å²) in [5, 5.41) is 8.79. The van der Waals surface area contributed by atoms with Crippen LogP contribution in [0.1, 0.15) is 11.7 Å². The van der Waals surface area contributed by atoms with Gasteiger partial charge in [-0.05, 0) is 6.07 Å². The van der Waals surface area contributed by atoms with Crippen molar-refractivity contribution in [1.82, 2.24) is 0 Å². The van der Waals surface area contributed by atoms with Gasteiger partial charge in [0.15, 0.2) is 17.6 Å². The first-order valence-electron chi connectivity index (χ1n) is 4.48. The highest BCUT2D eigenvalue weighted by atomic mass is 35.5. The molecule has 0 aliphatic heterocycles. The number of alkyl halides is 3. The summed E-state index contributed by atoms with van der Waals surface area (Å²) < 4.78 is 46.8. The maximum absolute atomic E-state index is 12.4. The van der Waals surface area contributed by atoms with E-state index in [1.807, 2.05) is 0 Å². The normalized spacial score (nSPS) is 13.4. The molecule has 0 aliphatic carbocycles. The van der Waals surface area contributed by atoms with Gasteiger partial charge in [0.25, 0.3) is 0 Å². The summed E-state index contributed by atoms with van der Waals surface area (Å²) in [5.41, 5.74) is -0.475. The van der Waals surface area contributed by atoms with Crippen LogP contribution in [0.15, 0.2) is 12.1 Å². The highest BCUT2D eigenvalue weighted by Crippen LogP contribution is 2.43. The zero-order valence-corrected chi connectivity index (χ0v) is 9.76. The van der Waals surface area contributed by atoms with E-state index in [9.17, 15) is 13.2 Å². The van der Waals surface area contributed by atoms with Gasteiger partial charge in [-0.3, -0.25) is 0 Å². The molecule has 0 radical (unpaired) electrons. The standard InChI is InChI=1S/C10H10ClF3O3/c1-16-6-4-3-5(7(11)8(6)17-2)9(15)10(12,13)14/h3-4,9,15H,1-2H3/t9-/m0/s1. The molecule has 7 heteroatoms. The molecule has 0 heterocycles. The average molecular weight is 271 g/mol. The Morgan fingerprint density at radius 1 is 1.24 bits per heavy atom. The van der Waals surface area contributed by atoms with Crippen LogP contribution in [0, 0.1) is 0 Å². The molecule has 0 bridgehead atoms. The number of hydrogen-bond donors (Lipinski definition) is 1. The van der Waals surface area contributed by atoms with E-state index in [2.05, 4.69) is 0 Å². The van der Waals surface area contributed by atoms with Crippen LogP contribution < -0.4 is 9.47 Å². The van der Waals surface area contributed by atoms with Crippen molar-refractivity contribution >= 4 is 11.6 Å². The van der Waals surface area contributed by atoms with Crippen molar-refractivity contribution in [2.75, 3.05) is 14.2 Å². The summed E-state index contributed by atoms with van der Waals surface area (Å²) in [6, 6.07) is 2.29. The Hall–Kier alpha value is -1.14. The summed E-state index contributed by atoms with van der Waals surface area (Å²) in [5.74, 6) is 0.144. The molecule has 0 saturated heterocycles. The van der Waals surface area contributed by atoms with E-state index in [1.165, 1.54) is 20.3 Å². The number of aliphatic hydroxyl groups excluding tert-OH is 1. The monoisotopic (exact) mass is 270 g/mol. The van der Waals surface area contributed by atoms with Crippen LogP contribution in [0.25, 0.3) is 0 Å². The van der Waals surface area contributed by atoms with Crippen molar-refractivity contribution in [3.05, 3.63) is 22.7 Å². The number of aliphatic hydroxyl groups is 1. The van der Waals surface area contributed by atoms with Crippen LogP contribution in [-0.2, 0) is 0 Å². The van der Waals surface area contributed by atoms with Gasteiger partial charge in [0, 0.05) is 5.56 Å². The third kappa shape index (κ3) is 2.76. The molecule has 1 aromatic rings. The van der Waals surface area contributed by atoms with Gasteiger partial charge in [0.2, 0.25) is 0 Å². The fourth-order valence-corrected chi connectivity index (χ4v) is 1.63. The Bertz CT molecular complexity index is 407. The predicted octanol–water partition coefficient (Wildman–Crippen LogP) is 2.95. The summed E-state index contributed by atoms with van der Waals surface area (Å²) in [7, 11) is 2.57. The van der Waals surface area contributed by atoms with E-state index in [0.29, 0.717) is 0 Å². The molecule has 0 fully saturated rings. The molecule has 17 heavy (non-hydrogen) atoms. The Balaban J connectivity index is 3.29. The second kappa shape index (κ2) is 5.01. The Morgan fingerprint density at radius 3 is 2.24 bits per heavy atom. The Kier molecular flexibility index (Phi) is 4.11. The molecule has 0 unspecified atom stereocenters. The quantitative estimate of drug-likeness (QED) is 0.918. The Labute approximate surface area is 101 Å². The maximum Gasteiger partial charge on any atom is 0.418 e. The van der Waals surface area contributed by atoms with E-state index in [1.54, 1.807) is 0 Å². The lowest BCUT2D eigenvalue weighted by Crippen LogP contribution is -2.20. The van der Waals surface area contributed by atoms with E-state index in [0.717, 1.165) is 6.07 Å². The number of rotatable bonds is 3. The average Bonchev–Trinajstić information content (AvgIpc) is 2.26. The van der Waals surface area contributed by atoms with Gasteiger partial charge in [-0.1, -0.05) is 17.7 Å². The molecule has 0 amide bonds. The van der Waals surface area contributed by atoms with Gasteiger partial charge in [-0.15, -0.1) is 0 Å². The first-order chi connectivity index (χ1) is 7.82. The molecule has 0 aliphatic rings. The molecule has 0 saturated carbocycles. The number of benzene rings is 1.